The number of hydrogen-bond donors (Lipinski definition) is 2. The van der Waals surface area contributed by atoms with Crippen molar-refractivity contribution in [2.75, 3.05) is 5.73 Å². The molecule has 1 heterocycles. The van der Waals surface area contributed by atoms with Gasteiger partial charge in [-0.05, 0) is 36.7 Å². The Morgan fingerprint density at radius 1 is 1.53 bits per heavy atom. The molecule has 0 spiro atoms. The topological polar surface area (TPSA) is 89.1 Å². The smallest absolute Gasteiger partial charge is 0.349 e. The van der Waals surface area contributed by atoms with Crippen LogP contribution in [0.3, 0.4) is 0 Å². The summed E-state index contributed by atoms with van der Waals surface area (Å²) in [5.74, 6) is -0.956. The van der Waals surface area contributed by atoms with E-state index in [1.807, 2.05) is 6.07 Å². The van der Waals surface area contributed by atoms with Gasteiger partial charge in [0.15, 0.2) is 4.88 Å². The number of nitrogens with two attached hydrogens (primary N) is 1. The first-order chi connectivity index (χ1) is 8.00. The fraction of sp³-hybridized carbons (Fsp3) is 0.100. The number of nitrogen functional groups attached to an aromatic ring is 1. The maximum atomic E-state index is 10.2. The number of benzene rings is 1. The summed E-state index contributed by atoms with van der Waals surface area (Å²) in [6.45, 7) is 1.62. The van der Waals surface area contributed by atoms with Gasteiger partial charge in [-0.1, -0.05) is 22.2 Å². The van der Waals surface area contributed by atoms with Crippen LogP contribution >= 0.6 is 23.1 Å². The van der Waals surface area contributed by atoms with Crippen LogP contribution in [0.25, 0.3) is 0 Å². The van der Waals surface area contributed by atoms with Crippen LogP contribution in [0.15, 0.2) is 24.3 Å². The van der Waals surface area contributed by atoms with Gasteiger partial charge in [-0.3, -0.25) is 0 Å². The third-order valence-electron chi connectivity index (χ3n) is 1.69. The number of anilines is 1. The highest BCUT2D eigenvalue weighted by Crippen LogP contribution is 2.10. The van der Waals surface area contributed by atoms with Crippen LogP contribution in [0, 0.1) is 6.92 Å². The molecule has 5 nitrogen and oxygen atoms in total. The summed E-state index contributed by atoms with van der Waals surface area (Å²) in [6, 6.07) is 7.11. The number of halogens is 1. The molecular formula is C10H10ClN3O2S. The SMILES string of the molecule is Cc1nnsc1C(=O)O.Nc1cccc(Cl)c1. The zero-order valence-corrected chi connectivity index (χ0v) is 10.5. The first-order valence-corrected chi connectivity index (χ1v) is 5.69. The Kier molecular flexibility index (Phi) is 4.86. The summed E-state index contributed by atoms with van der Waals surface area (Å²) < 4.78 is 3.45. The molecule has 17 heavy (non-hydrogen) atoms. The molecule has 90 valence electrons. The van der Waals surface area contributed by atoms with Gasteiger partial charge in [-0.25, -0.2) is 4.79 Å². The molecule has 0 saturated heterocycles. The molecule has 0 unspecified atom stereocenters. The summed E-state index contributed by atoms with van der Waals surface area (Å²) in [4.78, 5) is 10.4. The first-order valence-electron chi connectivity index (χ1n) is 4.54. The van der Waals surface area contributed by atoms with Gasteiger partial charge in [0.2, 0.25) is 0 Å². The van der Waals surface area contributed by atoms with Gasteiger partial charge in [-0.15, -0.1) is 5.10 Å². The van der Waals surface area contributed by atoms with E-state index in [9.17, 15) is 4.79 Å². The van der Waals surface area contributed by atoms with Gasteiger partial charge < -0.3 is 10.8 Å². The van der Waals surface area contributed by atoms with Gasteiger partial charge >= 0.3 is 5.97 Å². The summed E-state index contributed by atoms with van der Waals surface area (Å²) >= 11 is 6.46. The Morgan fingerprint density at radius 3 is 2.53 bits per heavy atom. The predicted octanol–water partition coefficient (Wildman–Crippen LogP) is 2.47. The van der Waals surface area contributed by atoms with Gasteiger partial charge in [0, 0.05) is 10.7 Å². The molecule has 0 saturated carbocycles. The van der Waals surface area contributed by atoms with E-state index in [1.165, 1.54) is 0 Å². The van der Waals surface area contributed by atoms with Gasteiger partial charge in [0.1, 0.15) is 0 Å². The molecule has 0 aliphatic rings. The number of aromatic carboxylic acids is 1. The van der Waals surface area contributed by atoms with Gasteiger partial charge in [-0.2, -0.15) is 0 Å². The standard InChI is InChI=1S/C6H6ClN.C4H4N2O2S/c7-5-2-1-3-6(8)4-5;1-2-3(4(7)8)9-6-5-2/h1-4H,8H2;1H3,(H,7,8). The Balaban J connectivity index is 0.000000171. The monoisotopic (exact) mass is 271 g/mol. The van der Waals surface area contributed by atoms with Crippen LogP contribution in [0.4, 0.5) is 5.69 Å². The molecule has 1 aromatic heterocycles. The summed E-state index contributed by atoms with van der Waals surface area (Å²) in [7, 11) is 0. The molecule has 7 heteroatoms. The number of carboxylic acid groups (broad SMARTS) is 1. The van der Waals surface area contributed by atoms with E-state index in [0.717, 1.165) is 11.5 Å². The van der Waals surface area contributed by atoms with Crippen molar-refractivity contribution in [3.63, 3.8) is 0 Å². The van der Waals surface area contributed by atoms with Crippen LogP contribution in [0.1, 0.15) is 15.4 Å². The van der Waals surface area contributed by atoms with E-state index >= 15 is 0 Å². The number of hydrogen-bond acceptors (Lipinski definition) is 5. The van der Waals surface area contributed by atoms with E-state index in [4.69, 9.17) is 22.4 Å². The Bertz CT molecular complexity index is 499. The third-order valence-corrected chi connectivity index (χ3v) is 2.75. The van der Waals surface area contributed by atoms with Crippen molar-refractivity contribution in [3.05, 3.63) is 39.9 Å². The minimum absolute atomic E-state index is 0.218. The van der Waals surface area contributed by atoms with Crippen molar-refractivity contribution < 1.29 is 9.90 Å². The minimum Gasteiger partial charge on any atom is -0.477 e. The fourth-order valence-electron chi connectivity index (χ4n) is 0.934. The molecule has 1 aromatic carbocycles. The van der Waals surface area contributed by atoms with Gasteiger partial charge in [0.05, 0.1) is 5.69 Å². The van der Waals surface area contributed by atoms with Crippen molar-refractivity contribution in [1.82, 2.24) is 9.59 Å². The minimum atomic E-state index is -0.956. The quantitative estimate of drug-likeness (QED) is 0.778. The Hall–Kier alpha value is -1.66. The molecule has 0 aliphatic heterocycles. The molecular weight excluding hydrogens is 262 g/mol. The average molecular weight is 272 g/mol. The van der Waals surface area contributed by atoms with E-state index in [1.54, 1.807) is 25.1 Å². The maximum absolute atomic E-state index is 10.2. The lowest BCUT2D eigenvalue weighted by molar-refractivity contribution is 0.0701. The molecule has 0 fully saturated rings. The highest BCUT2D eigenvalue weighted by molar-refractivity contribution is 7.07. The van der Waals surface area contributed by atoms with Crippen LogP contribution in [0.2, 0.25) is 5.02 Å². The van der Waals surface area contributed by atoms with Crippen LogP contribution in [-0.4, -0.2) is 20.7 Å². The largest absolute Gasteiger partial charge is 0.477 e. The van der Waals surface area contributed by atoms with E-state index in [-0.39, 0.29) is 4.88 Å². The van der Waals surface area contributed by atoms with Crippen LogP contribution in [0.5, 0.6) is 0 Å². The lowest BCUT2D eigenvalue weighted by Gasteiger charge is -1.89. The second-order valence-corrected chi connectivity index (χ2v) is 4.24. The lowest BCUT2D eigenvalue weighted by atomic mass is 10.3. The molecule has 3 N–H and O–H groups in total. The normalized spacial score (nSPS) is 9.29. The number of aryl methyl sites for hydroxylation is 1. The Morgan fingerprint density at radius 2 is 2.24 bits per heavy atom. The van der Waals surface area contributed by atoms with Crippen molar-refractivity contribution in [2.45, 2.75) is 6.92 Å². The lowest BCUT2D eigenvalue weighted by Crippen LogP contribution is -1.94. The van der Waals surface area contributed by atoms with Crippen molar-refractivity contribution >= 4 is 34.8 Å². The van der Waals surface area contributed by atoms with Crippen molar-refractivity contribution in [2.24, 2.45) is 0 Å². The highest BCUT2D eigenvalue weighted by atomic mass is 35.5. The molecule has 0 amide bonds. The molecule has 0 bridgehead atoms. The van der Waals surface area contributed by atoms with Gasteiger partial charge in [0.25, 0.3) is 0 Å². The summed E-state index contributed by atoms with van der Waals surface area (Å²) in [5.41, 5.74) is 6.56. The van der Waals surface area contributed by atoms with Crippen molar-refractivity contribution in [3.8, 4) is 0 Å². The zero-order valence-electron chi connectivity index (χ0n) is 8.92. The van der Waals surface area contributed by atoms with E-state index in [0.29, 0.717) is 16.4 Å². The zero-order chi connectivity index (χ0) is 12.8. The molecule has 2 aromatic rings. The molecule has 0 atom stereocenters. The fourth-order valence-corrected chi connectivity index (χ4v) is 1.63. The number of aromatic nitrogens is 2. The van der Waals surface area contributed by atoms with Crippen LogP contribution < -0.4 is 5.73 Å². The molecule has 0 aliphatic carbocycles. The molecule has 2 rings (SSSR count). The number of carboxylic acids is 1. The number of nitrogens with zero attached hydrogens (tertiary/aromatic N) is 2. The number of carbonyl (C=O) groups is 1. The van der Waals surface area contributed by atoms with E-state index < -0.39 is 5.97 Å². The Labute approximate surface area is 107 Å². The molecule has 0 radical (unpaired) electrons. The number of rotatable bonds is 1. The van der Waals surface area contributed by atoms with Crippen molar-refractivity contribution in [1.29, 1.82) is 0 Å². The summed E-state index contributed by atoms with van der Waals surface area (Å²) in [5, 5.41) is 12.6. The maximum Gasteiger partial charge on any atom is 0.349 e. The van der Waals surface area contributed by atoms with Crippen LogP contribution in [-0.2, 0) is 0 Å². The summed E-state index contributed by atoms with van der Waals surface area (Å²) in [6.07, 6.45) is 0. The second kappa shape index (κ2) is 6.17. The predicted molar refractivity (Wildman–Crippen MR) is 67.5 cm³/mol. The van der Waals surface area contributed by atoms with E-state index in [2.05, 4.69) is 9.59 Å². The average Bonchev–Trinajstić information content (AvgIpc) is 2.65. The second-order valence-electron chi connectivity index (χ2n) is 3.05. The highest BCUT2D eigenvalue weighted by Gasteiger charge is 2.09. The third kappa shape index (κ3) is 4.38. The first kappa shape index (κ1) is 13.4.